The molecular weight excluding hydrogens is 355 g/mol. The molecule has 5 heteroatoms. The molecule has 0 saturated heterocycles. The highest BCUT2D eigenvalue weighted by Gasteiger charge is 2.52. The average molecular weight is 384 g/mol. The number of rotatable bonds is 4. The molecule has 0 bridgehead atoms. The minimum atomic E-state index is -0.925. The summed E-state index contributed by atoms with van der Waals surface area (Å²) in [5, 5.41) is 15.0. The van der Waals surface area contributed by atoms with Crippen LogP contribution >= 0.6 is 0 Å². The summed E-state index contributed by atoms with van der Waals surface area (Å²) in [7, 11) is 0. The number of nitrogens with zero attached hydrogens (tertiary/aromatic N) is 1. The first-order valence-corrected chi connectivity index (χ1v) is 10.3. The first-order chi connectivity index (χ1) is 13.3. The number of hydrogen-bond donors (Lipinski definition) is 2. The largest absolute Gasteiger partial charge is 0.389 e. The number of carbonyl (C=O) groups excluding carboxylic acids is 1. The molecule has 0 radical (unpaired) electrons. The van der Waals surface area contributed by atoms with Gasteiger partial charge in [-0.15, -0.1) is 0 Å². The number of hydrogen-bond acceptors (Lipinski definition) is 3. The highest BCUT2D eigenvalue weighted by Crippen LogP contribution is 2.56. The van der Waals surface area contributed by atoms with Gasteiger partial charge in [-0.1, -0.05) is 6.92 Å². The second-order valence-corrected chi connectivity index (χ2v) is 9.15. The highest BCUT2D eigenvalue weighted by molar-refractivity contribution is 5.82. The van der Waals surface area contributed by atoms with Crippen molar-refractivity contribution in [3.05, 3.63) is 41.8 Å². The Balaban J connectivity index is 1.50. The van der Waals surface area contributed by atoms with E-state index in [1.807, 2.05) is 26.8 Å². The van der Waals surface area contributed by atoms with Gasteiger partial charge in [-0.2, -0.15) is 0 Å². The molecule has 1 amide bonds. The summed E-state index contributed by atoms with van der Waals surface area (Å²) in [5.74, 6) is 0.451. The molecule has 28 heavy (non-hydrogen) atoms. The summed E-state index contributed by atoms with van der Waals surface area (Å²) in [6, 6.07) is 6.85. The van der Waals surface area contributed by atoms with Crippen molar-refractivity contribution in [1.82, 2.24) is 10.3 Å². The van der Waals surface area contributed by atoms with Gasteiger partial charge in [0.25, 0.3) is 0 Å². The number of halogens is 1. The number of nitrogens with one attached hydrogen (secondary N) is 1. The third-order valence-electron chi connectivity index (χ3n) is 6.88. The van der Waals surface area contributed by atoms with Crippen molar-refractivity contribution in [2.24, 2.45) is 17.8 Å². The Morgan fingerprint density at radius 3 is 2.54 bits per heavy atom. The van der Waals surface area contributed by atoms with Gasteiger partial charge in [-0.3, -0.25) is 9.78 Å². The van der Waals surface area contributed by atoms with E-state index < -0.39 is 11.5 Å². The van der Waals surface area contributed by atoms with Crippen LogP contribution in [-0.2, 0) is 4.79 Å². The minimum Gasteiger partial charge on any atom is -0.389 e. The normalized spacial score (nSPS) is 30.6. The number of carbonyl (C=O) groups is 1. The summed E-state index contributed by atoms with van der Waals surface area (Å²) in [6.07, 6.45) is 5.08. The van der Waals surface area contributed by atoms with Crippen LogP contribution in [0.25, 0.3) is 10.9 Å². The van der Waals surface area contributed by atoms with Crippen LogP contribution in [0.4, 0.5) is 4.39 Å². The second kappa shape index (κ2) is 7.11. The summed E-state index contributed by atoms with van der Waals surface area (Å²) in [4.78, 5) is 16.8. The molecule has 0 spiro atoms. The van der Waals surface area contributed by atoms with E-state index in [4.69, 9.17) is 0 Å². The maximum Gasteiger partial charge on any atom is 0.225 e. The number of amides is 1. The topological polar surface area (TPSA) is 62.2 Å². The monoisotopic (exact) mass is 384 g/mol. The molecular formula is C23H29FN2O2. The average Bonchev–Trinajstić information content (AvgIpc) is 3.15. The van der Waals surface area contributed by atoms with Crippen LogP contribution in [0.5, 0.6) is 0 Å². The van der Waals surface area contributed by atoms with E-state index in [0.717, 1.165) is 29.3 Å². The summed E-state index contributed by atoms with van der Waals surface area (Å²) in [5.41, 5.74) is 1.06. The van der Waals surface area contributed by atoms with E-state index in [0.29, 0.717) is 30.6 Å². The third-order valence-corrected chi connectivity index (χ3v) is 6.88. The fourth-order valence-corrected chi connectivity index (χ4v) is 5.46. The Morgan fingerprint density at radius 1 is 1.21 bits per heavy atom. The summed E-state index contributed by atoms with van der Waals surface area (Å²) < 4.78 is 13.8. The molecule has 1 heterocycles. The lowest BCUT2D eigenvalue weighted by molar-refractivity contribution is -0.134. The van der Waals surface area contributed by atoms with Crippen molar-refractivity contribution in [3.63, 3.8) is 0 Å². The first kappa shape index (κ1) is 19.3. The van der Waals surface area contributed by atoms with E-state index in [-0.39, 0.29) is 17.8 Å². The number of fused-ring (bicyclic) bond motifs is 2. The molecule has 2 aliphatic carbocycles. The predicted octanol–water partition coefficient (Wildman–Crippen LogP) is 4.17. The lowest BCUT2D eigenvalue weighted by Crippen LogP contribution is -2.46. The Morgan fingerprint density at radius 2 is 1.89 bits per heavy atom. The summed E-state index contributed by atoms with van der Waals surface area (Å²) >= 11 is 0. The smallest absolute Gasteiger partial charge is 0.225 e. The zero-order valence-corrected chi connectivity index (χ0v) is 16.8. The van der Waals surface area contributed by atoms with Crippen LogP contribution in [0, 0.1) is 23.6 Å². The number of aliphatic hydroxyl groups is 1. The van der Waals surface area contributed by atoms with Crippen LogP contribution in [0.15, 0.2) is 30.5 Å². The van der Waals surface area contributed by atoms with Gasteiger partial charge in [-0.25, -0.2) is 4.39 Å². The molecule has 0 aliphatic heterocycles. The van der Waals surface area contributed by atoms with Crippen molar-refractivity contribution >= 4 is 16.8 Å². The molecule has 2 aliphatic rings. The van der Waals surface area contributed by atoms with Gasteiger partial charge in [0.15, 0.2) is 0 Å². The highest BCUT2D eigenvalue weighted by atomic mass is 19.1. The molecule has 2 aromatic rings. The van der Waals surface area contributed by atoms with Crippen LogP contribution in [0.2, 0.25) is 0 Å². The van der Waals surface area contributed by atoms with E-state index in [9.17, 15) is 14.3 Å². The van der Waals surface area contributed by atoms with Gasteiger partial charge in [-0.05, 0) is 87.1 Å². The predicted molar refractivity (Wildman–Crippen MR) is 107 cm³/mol. The van der Waals surface area contributed by atoms with Crippen LogP contribution < -0.4 is 5.32 Å². The lowest BCUT2D eigenvalue weighted by atomic mass is 9.82. The fraction of sp³-hybridized carbons (Fsp3) is 0.565. The van der Waals surface area contributed by atoms with Gasteiger partial charge >= 0.3 is 0 Å². The number of benzene rings is 1. The Labute approximate surface area is 165 Å². The molecule has 4 rings (SSSR count). The molecule has 1 aromatic heterocycles. The maximum absolute atomic E-state index is 13.8. The van der Waals surface area contributed by atoms with Gasteiger partial charge in [0.2, 0.25) is 5.91 Å². The van der Waals surface area contributed by atoms with E-state index in [1.165, 1.54) is 6.07 Å². The quantitative estimate of drug-likeness (QED) is 0.832. The van der Waals surface area contributed by atoms with Crippen LogP contribution in [0.1, 0.15) is 57.9 Å². The number of aromatic nitrogens is 1. The van der Waals surface area contributed by atoms with E-state index >= 15 is 0 Å². The Hall–Kier alpha value is -2.01. The van der Waals surface area contributed by atoms with Crippen LogP contribution in [-0.4, -0.2) is 27.6 Å². The molecule has 3 unspecified atom stereocenters. The summed E-state index contributed by atoms with van der Waals surface area (Å²) in [6.45, 7) is 5.71. The number of pyridine rings is 1. The van der Waals surface area contributed by atoms with E-state index in [2.05, 4.69) is 10.3 Å². The van der Waals surface area contributed by atoms with Crippen molar-refractivity contribution in [1.29, 1.82) is 0 Å². The maximum atomic E-state index is 13.8. The van der Waals surface area contributed by atoms with Gasteiger partial charge < -0.3 is 10.4 Å². The Kier molecular flexibility index (Phi) is 4.90. The van der Waals surface area contributed by atoms with Crippen molar-refractivity contribution in [2.75, 3.05) is 0 Å². The zero-order valence-electron chi connectivity index (χ0n) is 16.8. The fourth-order valence-electron chi connectivity index (χ4n) is 5.46. The molecule has 4 nitrogen and oxygen atoms in total. The van der Waals surface area contributed by atoms with Crippen LogP contribution in [0.3, 0.4) is 0 Å². The Bertz CT molecular complexity index is 883. The molecule has 150 valence electrons. The molecule has 2 saturated carbocycles. The lowest BCUT2D eigenvalue weighted by Gasteiger charge is -2.31. The van der Waals surface area contributed by atoms with E-state index in [1.54, 1.807) is 18.3 Å². The molecule has 2 N–H and O–H groups in total. The van der Waals surface area contributed by atoms with Crippen molar-refractivity contribution in [2.45, 2.75) is 64.0 Å². The molecule has 1 aromatic carbocycles. The zero-order chi connectivity index (χ0) is 20.1. The van der Waals surface area contributed by atoms with Gasteiger partial charge in [0.1, 0.15) is 5.82 Å². The second-order valence-electron chi connectivity index (χ2n) is 9.15. The van der Waals surface area contributed by atoms with Gasteiger partial charge in [0.05, 0.1) is 17.0 Å². The molecule has 5 atom stereocenters. The van der Waals surface area contributed by atoms with Gasteiger partial charge in [0, 0.05) is 17.6 Å². The van der Waals surface area contributed by atoms with Crippen molar-refractivity contribution in [3.8, 4) is 0 Å². The first-order valence-electron chi connectivity index (χ1n) is 10.3. The minimum absolute atomic E-state index is 0.0652. The molecule has 2 fully saturated rings. The van der Waals surface area contributed by atoms with Crippen molar-refractivity contribution < 1.29 is 14.3 Å². The SMILES string of the molecule is CC(C)NC(=O)C(C)C1(O)C[C@H]2CC(c3ccnc4ccc(F)cc34)C[C@H]2C1. The standard InChI is InChI=1S/C23H29FN2O2/c1-13(2)26-22(27)14(3)23(28)11-16-8-15(9-17(16)12-23)19-6-7-25-21-5-4-18(24)10-20(19)21/h4-7,10,13-17,28H,8-9,11-12H2,1-3H3,(H,26,27)/t14?,15?,16-,17+,23?. The third kappa shape index (κ3) is 3.41.